The van der Waals surface area contributed by atoms with Gasteiger partial charge in [-0.1, -0.05) is 34.1 Å². The Labute approximate surface area is 254 Å². The molecule has 1 amide bonds. The Bertz CT molecular complexity index is 1380. The molecular formula is C32H35BrN2O7. The normalized spacial score (nSPS) is 17.5. The molecule has 0 saturated heterocycles. The molecule has 42 heavy (non-hydrogen) atoms. The standard InChI is InChI=1S/C32H35BrN2O7/c1-5-15-32(31(37)34-20-21-18-26(38-2)28(40-4)27(19-21)39-3)29(22-7-11-24(33)12-8-22)42-30(35-32)23-9-13-25(14-10-23)41-17-6-16-36/h5,7-14,18-19,29,36H,1,6,15-17,20H2,2-4H3,(H,34,37)/t29-,32-/m1/s1. The predicted molar refractivity (Wildman–Crippen MR) is 164 cm³/mol. The summed E-state index contributed by atoms with van der Waals surface area (Å²) in [6, 6.07) is 18.5. The minimum absolute atomic E-state index is 0.0627. The largest absolute Gasteiger partial charge is 0.494 e. The number of carbonyl (C=O) groups is 1. The van der Waals surface area contributed by atoms with Gasteiger partial charge < -0.3 is 34.1 Å². The Kier molecular flexibility index (Phi) is 10.5. The lowest BCUT2D eigenvalue weighted by molar-refractivity contribution is -0.129. The van der Waals surface area contributed by atoms with Crippen LogP contribution in [-0.4, -0.2) is 57.0 Å². The zero-order chi connectivity index (χ0) is 30.1. The second kappa shape index (κ2) is 14.2. The third kappa shape index (κ3) is 6.71. The Morgan fingerprint density at radius 1 is 1.07 bits per heavy atom. The third-order valence-corrected chi connectivity index (χ3v) is 7.36. The summed E-state index contributed by atoms with van der Waals surface area (Å²) >= 11 is 3.48. The van der Waals surface area contributed by atoms with Crippen LogP contribution in [0.15, 0.2) is 82.8 Å². The van der Waals surface area contributed by atoms with Crippen LogP contribution >= 0.6 is 15.9 Å². The number of aliphatic hydroxyl groups is 1. The molecule has 3 aromatic rings. The van der Waals surface area contributed by atoms with E-state index in [-0.39, 0.29) is 25.5 Å². The van der Waals surface area contributed by atoms with Crippen LogP contribution in [-0.2, 0) is 16.1 Å². The summed E-state index contributed by atoms with van der Waals surface area (Å²) in [7, 11) is 4.62. The van der Waals surface area contributed by atoms with E-state index < -0.39 is 11.6 Å². The molecule has 0 aromatic heterocycles. The number of hydrogen-bond acceptors (Lipinski definition) is 8. The summed E-state index contributed by atoms with van der Waals surface area (Å²) in [6.07, 6.45) is 1.75. The number of aliphatic imine (C=N–C) groups is 1. The van der Waals surface area contributed by atoms with Gasteiger partial charge in [-0.15, -0.1) is 6.58 Å². The van der Waals surface area contributed by atoms with Gasteiger partial charge in [-0.25, -0.2) is 4.99 Å². The number of benzene rings is 3. The molecule has 0 unspecified atom stereocenters. The van der Waals surface area contributed by atoms with E-state index in [0.717, 1.165) is 15.6 Å². The predicted octanol–water partition coefficient (Wildman–Crippen LogP) is 5.39. The molecule has 1 aliphatic rings. The average molecular weight is 640 g/mol. The zero-order valence-electron chi connectivity index (χ0n) is 23.9. The number of halogens is 1. The summed E-state index contributed by atoms with van der Waals surface area (Å²) in [4.78, 5) is 19.0. The first-order valence-corrected chi connectivity index (χ1v) is 14.2. The summed E-state index contributed by atoms with van der Waals surface area (Å²) in [5.41, 5.74) is 0.939. The number of hydrogen-bond donors (Lipinski definition) is 2. The van der Waals surface area contributed by atoms with Gasteiger partial charge in [-0.3, -0.25) is 4.79 Å². The van der Waals surface area contributed by atoms with Crippen LogP contribution in [0.1, 0.15) is 35.6 Å². The van der Waals surface area contributed by atoms with Crippen LogP contribution < -0.4 is 24.3 Å². The van der Waals surface area contributed by atoms with E-state index in [1.54, 1.807) is 32.4 Å². The molecule has 2 N–H and O–H groups in total. The van der Waals surface area contributed by atoms with Crippen LogP contribution in [0.25, 0.3) is 0 Å². The van der Waals surface area contributed by atoms with Gasteiger partial charge in [0.2, 0.25) is 11.6 Å². The number of nitrogens with zero attached hydrogens (tertiary/aromatic N) is 1. The Morgan fingerprint density at radius 3 is 2.31 bits per heavy atom. The molecular weight excluding hydrogens is 604 g/mol. The van der Waals surface area contributed by atoms with Crippen molar-refractivity contribution in [2.75, 3.05) is 34.5 Å². The van der Waals surface area contributed by atoms with E-state index in [1.165, 1.54) is 7.11 Å². The highest BCUT2D eigenvalue weighted by atomic mass is 79.9. The van der Waals surface area contributed by atoms with E-state index >= 15 is 0 Å². The van der Waals surface area contributed by atoms with Gasteiger partial charge >= 0.3 is 0 Å². The number of ether oxygens (including phenoxy) is 5. The SMILES string of the molecule is C=CC[C@@]1(C(=O)NCc2cc(OC)c(OC)c(OC)c2)N=C(c2ccc(OCCCO)cc2)O[C@@H]1c1ccc(Br)cc1. The Balaban J connectivity index is 1.67. The van der Waals surface area contributed by atoms with Crippen molar-refractivity contribution < 1.29 is 33.6 Å². The fraction of sp³-hybridized carbons (Fsp3) is 0.312. The second-order valence-electron chi connectivity index (χ2n) is 9.55. The first-order valence-electron chi connectivity index (χ1n) is 13.4. The first-order chi connectivity index (χ1) is 20.4. The highest BCUT2D eigenvalue weighted by molar-refractivity contribution is 9.10. The van der Waals surface area contributed by atoms with Gasteiger partial charge in [0.15, 0.2) is 23.1 Å². The lowest BCUT2D eigenvalue weighted by atomic mass is 9.84. The third-order valence-electron chi connectivity index (χ3n) is 6.84. The molecule has 3 aromatic carbocycles. The molecule has 0 spiro atoms. The molecule has 1 aliphatic heterocycles. The molecule has 4 rings (SSSR count). The maximum atomic E-state index is 14.1. The summed E-state index contributed by atoms with van der Waals surface area (Å²) in [5, 5.41) is 12.1. The molecule has 0 saturated carbocycles. The topological polar surface area (TPSA) is 108 Å². The van der Waals surface area contributed by atoms with Gasteiger partial charge in [0, 0.05) is 36.0 Å². The molecule has 0 bridgehead atoms. The number of amides is 1. The minimum atomic E-state index is -1.32. The Morgan fingerprint density at radius 2 is 1.74 bits per heavy atom. The Hall–Kier alpha value is -4.02. The van der Waals surface area contributed by atoms with Crippen LogP contribution in [0.5, 0.6) is 23.0 Å². The number of methoxy groups -OCH3 is 3. The molecule has 0 aliphatic carbocycles. The quantitative estimate of drug-likeness (QED) is 0.180. The molecule has 10 heteroatoms. The van der Waals surface area contributed by atoms with Crippen molar-refractivity contribution in [1.29, 1.82) is 0 Å². The zero-order valence-corrected chi connectivity index (χ0v) is 25.5. The lowest BCUT2D eigenvalue weighted by Gasteiger charge is -2.29. The van der Waals surface area contributed by atoms with Gasteiger partial charge in [0.05, 0.1) is 27.9 Å². The number of nitrogens with one attached hydrogen (secondary N) is 1. The lowest BCUT2D eigenvalue weighted by Crippen LogP contribution is -2.47. The fourth-order valence-corrected chi connectivity index (χ4v) is 5.01. The number of aliphatic hydroxyl groups excluding tert-OH is 1. The smallest absolute Gasteiger partial charge is 0.252 e. The molecule has 0 fully saturated rings. The number of rotatable bonds is 14. The van der Waals surface area contributed by atoms with Crippen LogP contribution in [0, 0.1) is 0 Å². The molecule has 0 radical (unpaired) electrons. The average Bonchev–Trinajstić information content (AvgIpc) is 3.40. The maximum Gasteiger partial charge on any atom is 0.252 e. The monoisotopic (exact) mass is 638 g/mol. The van der Waals surface area contributed by atoms with Crippen LogP contribution in [0.4, 0.5) is 0 Å². The number of carbonyl (C=O) groups excluding carboxylic acids is 1. The first kappa shape index (κ1) is 30.9. The van der Waals surface area contributed by atoms with Crippen LogP contribution in [0.3, 0.4) is 0 Å². The van der Waals surface area contributed by atoms with Crippen molar-refractivity contribution in [1.82, 2.24) is 5.32 Å². The second-order valence-corrected chi connectivity index (χ2v) is 10.5. The van der Waals surface area contributed by atoms with E-state index in [0.29, 0.717) is 47.5 Å². The molecule has 2 atom stereocenters. The van der Waals surface area contributed by atoms with Crippen molar-refractivity contribution >= 4 is 27.7 Å². The van der Waals surface area contributed by atoms with Crippen molar-refractivity contribution in [2.45, 2.75) is 31.0 Å². The fourth-order valence-electron chi connectivity index (χ4n) is 4.75. The van der Waals surface area contributed by atoms with Crippen molar-refractivity contribution in [3.8, 4) is 23.0 Å². The van der Waals surface area contributed by atoms with Crippen molar-refractivity contribution in [3.63, 3.8) is 0 Å². The van der Waals surface area contributed by atoms with E-state index in [1.807, 2.05) is 48.5 Å². The van der Waals surface area contributed by atoms with Crippen LogP contribution in [0.2, 0.25) is 0 Å². The van der Waals surface area contributed by atoms with E-state index in [9.17, 15) is 4.79 Å². The molecule has 222 valence electrons. The summed E-state index contributed by atoms with van der Waals surface area (Å²) in [6.45, 7) is 4.59. The van der Waals surface area contributed by atoms with Crippen molar-refractivity contribution in [2.24, 2.45) is 4.99 Å². The van der Waals surface area contributed by atoms with Crippen molar-refractivity contribution in [3.05, 3.63) is 94.5 Å². The summed E-state index contributed by atoms with van der Waals surface area (Å²) < 4.78 is 29.4. The van der Waals surface area contributed by atoms with Gasteiger partial charge in [0.1, 0.15) is 5.75 Å². The highest BCUT2D eigenvalue weighted by Crippen LogP contribution is 2.43. The maximum absolute atomic E-state index is 14.1. The van der Waals surface area contributed by atoms with Gasteiger partial charge in [0.25, 0.3) is 5.91 Å². The van der Waals surface area contributed by atoms with Gasteiger partial charge in [-0.05, 0) is 59.7 Å². The summed E-state index contributed by atoms with van der Waals surface area (Å²) in [5.74, 6) is 2.14. The molecule has 9 nitrogen and oxygen atoms in total. The van der Waals surface area contributed by atoms with Gasteiger partial charge in [-0.2, -0.15) is 0 Å². The highest BCUT2D eigenvalue weighted by Gasteiger charge is 2.52. The minimum Gasteiger partial charge on any atom is -0.494 e. The van der Waals surface area contributed by atoms with E-state index in [2.05, 4.69) is 27.8 Å². The van der Waals surface area contributed by atoms with E-state index in [4.69, 9.17) is 33.8 Å². The molecule has 1 heterocycles.